The fraction of sp³-hybridized carbons (Fsp3) is 0.773. The van der Waals surface area contributed by atoms with Gasteiger partial charge in [-0.25, -0.2) is 4.57 Å². The van der Waals surface area contributed by atoms with Crippen molar-refractivity contribution in [1.29, 1.82) is 0 Å². The summed E-state index contributed by atoms with van der Waals surface area (Å²) in [5.41, 5.74) is 1.51. The Morgan fingerprint density at radius 3 is 2.50 bits per heavy atom. The van der Waals surface area contributed by atoms with Crippen molar-refractivity contribution in [3.05, 3.63) is 30.1 Å². The molecule has 1 aromatic heterocycles. The normalized spacial score (nSPS) is 21.2. The Labute approximate surface area is 182 Å². The summed E-state index contributed by atoms with van der Waals surface area (Å²) < 4.78 is 2.42. The number of likely N-dealkylation sites (tertiary alicyclic amines) is 1. The third-order valence-electron chi connectivity index (χ3n) is 6.29. The van der Waals surface area contributed by atoms with Gasteiger partial charge in [-0.3, -0.25) is 4.90 Å². The van der Waals surface area contributed by atoms with Gasteiger partial charge in [0.15, 0.2) is 12.4 Å². The second-order valence-corrected chi connectivity index (χ2v) is 8.22. The van der Waals surface area contributed by atoms with Gasteiger partial charge in [-0.2, -0.15) is 0 Å². The first kappa shape index (κ1) is 24.1. The van der Waals surface area contributed by atoms with Crippen LogP contribution >= 0.6 is 17.0 Å². The minimum atomic E-state index is 0. The predicted octanol–water partition coefficient (Wildman–Crippen LogP) is 2.85. The largest absolute Gasteiger partial charge is 1.00 e. The number of hydrogen-bond acceptors (Lipinski definition) is 1. The first-order valence-corrected chi connectivity index (χ1v) is 10.5. The number of unbranched alkanes of at least 4 members (excludes halogenated alkanes) is 3. The minimum Gasteiger partial charge on any atom is -1.00 e. The highest BCUT2D eigenvalue weighted by Crippen LogP contribution is 2.29. The number of nitrogens with zero attached hydrogens (tertiary/aromatic N) is 2. The molecule has 1 saturated heterocycles. The minimum absolute atomic E-state index is 0. The van der Waals surface area contributed by atoms with E-state index in [0.29, 0.717) is 6.04 Å². The Morgan fingerprint density at radius 1 is 1.00 bits per heavy atom. The van der Waals surface area contributed by atoms with Crippen LogP contribution in [0.25, 0.3) is 0 Å². The summed E-state index contributed by atoms with van der Waals surface area (Å²) in [5.74, 6) is 1.06. The van der Waals surface area contributed by atoms with E-state index >= 15 is 0 Å². The van der Waals surface area contributed by atoms with Crippen LogP contribution < -0.4 is 21.5 Å². The summed E-state index contributed by atoms with van der Waals surface area (Å²) in [6.45, 7) is 2.44. The highest BCUT2D eigenvalue weighted by atomic mass is 79.9. The fourth-order valence-electron chi connectivity index (χ4n) is 4.77. The van der Waals surface area contributed by atoms with Crippen LogP contribution in [0, 0.1) is 5.92 Å². The molecule has 1 aliphatic heterocycles. The van der Waals surface area contributed by atoms with Gasteiger partial charge in [0.2, 0.25) is 0 Å². The maximum absolute atomic E-state index is 2.50. The second-order valence-electron chi connectivity index (χ2n) is 8.22. The smallest absolute Gasteiger partial charge is 0.173 e. The number of hydrogen-bond donors (Lipinski definition) is 0. The van der Waals surface area contributed by atoms with Crippen molar-refractivity contribution < 1.29 is 21.5 Å². The van der Waals surface area contributed by atoms with Gasteiger partial charge in [-0.15, -0.1) is 17.0 Å². The third-order valence-corrected chi connectivity index (χ3v) is 6.29. The van der Waals surface area contributed by atoms with Gasteiger partial charge in [0.25, 0.3) is 0 Å². The van der Waals surface area contributed by atoms with Crippen molar-refractivity contribution in [2.75, 3.05) is 13.6 Å². The van der Waals surface area contributed by atoms with E-state index in [1.807, 2.05) is 0 Å². The third kappa shape index (κ3) is 7.59. The summed E-state index contributed by atoms with van der Waals surface area (Å²) in [6, 6.07) is 5.20. The maximum atomic E-state index is 2.50. The van der Waals surface area contributed by atoms with E-state index in [0.717, 1.165) is 5.92 Å². The summed E-state index contributed by atoms with van der Waals surface area (Å²) in [5, 5.41) is 0. The average molecular weight is 490 g/mol. The van der Waals surface area contributed by atoms with Crippen molar-refractivity contribution in [1.82, 2.24) is 4.90 Å². The van der Waals surface area contributed by atoms with E-state index in [4.69, 9.17) is 0 Å². The maximum Gasteiger partial charge on any atom is 0.173 e. The van der Waals surface area contributed by atoms with Gasteiger partial charge in [0.1, 0.15) is 6.54 Å². The molecule has 3 rings (SSSR count). The van der Waals surface area contributed by atoms with Crippen LogP contribution in [0.1, 0.15) is 88.7 Å². The number of aryl methyl sites for hydroxylation is 1. The molecule has 2 fully saturated rings. The Morgan fingerprint density at radius 2 is 1.77 bits per heavy atom. The number of halogens is 2. The number of aromatic nitrogens is 1. The summed E-state index contributed by atoms with van der Waals surface area (Å²) >= 11 is 0. The molecular formula is C22H38Br2N2. The van der Waals surface area contributed by atoms with Crippen LogP contribution in [0.2, 0.25) is 0 Å². The molecule has 4 heteroatoms. The first-order chi connectivity index (χ1) is 11.8. The highest BCUT2D eigenvalue weighted by Gasteiger charge is 2.24. The molecule has 0 amide bonds. The molecule has 0 N–H and O–H groups in total. The zero-order chi connectivity index (χ0) is 16.6. The predicted molar refractivity (Wildman–Crippen MR) is 111 cm³/mol. The summed E-state index contributed by atoms with van der Waals surface area (Å²) in [6.07, 6.45) is 21.9. The molecule has 0 spiro atoms. The van der Waals surface area contributed by atoms with Crippen LogP contribution in [0.4, 0.5) is 0 Å². The Kier molecular flexibility index (Phi) is 12.3. The summed E-state index contributed by atoms with van der Waals surface area (Å²) in [7, 11) is 2.27. The van der Waals surface area contributed by atoms with Gasteiger partial charge >= 0.3 is 0 Å². The molecule has 2 nitrogen and oxygen atoms in total. The Hall–Kier alpha value is 0.0700. The van der Waals surface area contributed by atoms with Crippen molar-refractivity contribution in [3.63, 3.8) is 0 Å². The van der Waals surface area contributed by atoms with Crippen LogP contribution in [0.5, 0.6) is 0 Å². The zero-order valence-corrected chi connectivity index (χ0v) is 19.8. The standard InChI is InChI=1S/C22H37N2.2BrH/c1-23-16-10-15-22(23)21-14-9-18-24(19-21)17-8-3-2-5-11-20-12-6-4-7-13-20;;/h9,14,18-20,22H,2-8,10-13,15-17H2,1H3;2*1H/q+1;;/p-1. The molecule has 1 atom stereocenters. The van der Waals surface area contributed by atoms with E-state index in [1.54, 1.807) is 0 Å². The molecule has 150 valence electrons. The highest BCUT2D eigenvalue weighted by molar-refractivity contribution is 8.93. The van der Waals surface area contributed by atoms with Crippen molar-refractivity contribution in [2.45, 2.75) is 89.6 Å². The molecule has 1 aromatic rings. The van der Waals surface area contributed by atoms with E-state index in [1.165, 1.54) is 95.7 Å². The zero-order valence-electron chi connectivity index (χ0n) is 16.5. The van der Waals surface area contributed by atoms with E-state index < -0.39 is 0 Å². The van der Waals surface area contributed by atoms with E-state index in [2.05, 4.69) is 41.0 Å². The SMILES string of the molecule is Br.CN1CCCC1c1ccc[n+](CCCCCCC2CCCCC2)c1.[Br-]. The van der Waals surface area contributed by atoms with E-state index in [9.17, 15) is 0 Å². The van der Waals surface area contributed by atoms with Crippen LogP contribution in [0.15, 0.2) is 24.5 Å². The Bertz CT molecular complexity index is 489. The quantitative estimate of drug-likeness (QED) is 0.402. The van der Waals surface area contributed by atoms with Gasteiger partial charge < -0.3 is 17.0 Å². The molecule has 1 unspecified atom stereocenters. The monoisotopic (exact) mass is 488 g/mol. The molecule has 0 aromatic carbocycles. The van der Waals surface area contributed by atoms with Crippen LogP contribution in [-0.4, -0.2) is 18.5 Å². The lowest BCUT2D eigenvalue weighted by atomic mass is 9.85. The average Bonchev–Trinajstić information content (AvgIpc) is 3.05. The van der Waals surface area contributed by atoms with Crippen molar-refractivity contribution in [3.8, 4) is 0 Å². The molecule has 26 heavy (non-hydrogen) atoms. The lowest BCUT2D eigenvalue weighted by Gasteiger charge is -2.21. The molecule has 2 aliphatic rings. The van der Waals surface area contributed by atoms with Gasteiger partial charge in [-0.05, 0) is 44.8 Å². The van der Waals surface area contributed by atoms with Crippen LogP contribution in [0.3, 0.4) is 0 Å². The number of rotatable bonds is 8. The first-order valence-electron chi connectivity index (χ1n) is 10.5. The van der Waals surface area contributed by atoms with Gasteiger partial charge in [0.05, 0.1) is 0 Å². The lowest BCUT2D eigenvalue weighted by molar-refractivity contribution is -0.697. The molecule has 0 radical (unpaired) electrons. The second kappa shape index (κ2) is 13.3. The molecular weight excluding hydrogens is 452 g/mol. The molecule has 1 aliphatic carbocycles. The van der Waals surface area contributed by atoms with Gasteiger partial charge in [-0.1, -0.05) is 51.4 Å². The summed E-state index contributed by atoms with van der Waals surface area (Å²) in [4.78, 5) is 2.50. The van der Waals surface area contributed by atoms with Crippen molar-refractivity contribution in [2.24, 2.45) is 5.92 Å². The lowest BCUT2D eigenvalue weighted by Crippen LogP contribution is -3.00. The number of pyridine rings is 1. The molecule has 0 bridgehead atoms. The van der Waals surface area contributed by atoms with E-state index in [-0.39, 0.29) is 34.0 Å². The van der Waals surface area contributed by atoms with Gasteiger partial charge in [0, 0.05) is 24.1 Å². The molecule has 1 saturated carbocycles. The molecule has 2 heterocycles. The topological polar surface area (TPSA) is 7.12 Å². The van der Waals surface area contributed by atoms with Crippen LogP contribution in [-0.2, 0) is 6.54 Å². The van der Waals surface area contributed by atoms with Crippen molar-refractivity contribution >= 4 is 17.0 Å². The fourth-order valence-corrected chi connectivity index (χ4v) is 4.77. The Balaban J connectivity index is 0.00000169.